The number of non-ortho nitro benzene ring substituents is 1. The van der Waals surface area contributed by atoms with Crippen molar-refractivity contribution < 1.29 is 19.2 Å². The number of nitrogens with zero attached hydrogens (tertiary/aromatic N) is 2. The molecule has 0 atom stereocenters. The molecular weight excluding hydrogens is 464 g/mol. The van der Waals surface area contributed by atoms with Crippen LogP contribution in [-0.2, 0) is 18.1 Å². The minimum atomic E-state index is -0.444. The molecule has 0 aromatic heterocycles. The maximum atomic E-state index is 10.9. The second kappa shape index (κ2) is 11.1. The minimum absolute atomic E-state index is 0.0141. The summed E-state index contributed by atoms with van der Waals surface area (Å²) in [5.41, 5.74) is 2.47. The van der Waals surface area contributed by atoms with Gasteiger partial charge in [0.1, 0.15) is 13.2 Å². The van der Waals surface area contributed by atoms with Crippen LogP contribution in [0, 0.1) is 10.1 Å². The zero-order chi connectivity index (χ0) is 22.1. The predicted octanol–water partition coefficient (Wildman–Crippen LogP) is 5.89. The van der Waals surface area contributed by atoms with Crippen LogP contribution < -0.4 is 9.47 Å². The van der Waals surface area contributed by atoms with Crippen LogP contribution in [0.3, 0.4) is 0 Å². The molecular formula is C23H21BrN2O5. The van der Waals surface area contributed by atoms with Gasteiger partial charge in [-0.25, -0.2) is 0 Å². The normalized spacial score (nSPS) is 10.8. The number of halogens is 1. The molecule has 160 valence electrons. The molecule has 0 radical (unpaired) electrons. The maximum Gasteiger partial charge on any atom is 0.269 e. The lowest BCUT2D eigenvalue weighted by atomic mass is 10.2. The lowest BCUT2D eigenvalue weighted by Crippen LogP contribution is -2.01. The highest BCUT2D eigenvalue weighted by Crippen LogP contribution is 2.34. The molecule has 0 bridgehead atoms. The molecule has 0 heterocycles. The fourth-order valence-corrected chi connectivity index (χ4v) is 3.16. The Morgan fingerprint density at radius 2 is 1.71 bits per heavy atom. The number of ether oxygens (including phenoxy) is 2. The van der Waals surface area contributed by atoms with E-state index >= 15 is 0 Å². The van der Waals surface area contributed by atoms with Gasteiger partial charge in [-0.05, 0) is 46.1 Å². The first-order valence-electron chi connectivity index (χ1n) is 9.58. The van der Waals surface area contributed by atoms with Gasteiger partial charge in [0.15, 0.2) is 11.5 Å². The van der Waals surface area contributed by atoms with Crippen molar-refractivity contribution in [2.24, 2.45) is 5.16 Å². The lowest BCUT2D eigenvalue weighted by Gasteiger charge is -2.14. The average Bonchev–Trinajstić information content (AvgIpc) is 2.78. The number of rotatable bonds is 10. The first-order valence-corrected chi connectivity index (χ1v) is 10.4. The monoisotopic (exact) mass is 484 g/mol. The Bertz CT molecular complexity index is 1060. The maximum absolute atomic E-state index is 10.9. The van der Waals surface area contributed by atoms with Crippen molar-refractivity contribution in [2.75, 3.05) is 6.61 Å². The van der Waals surface area contributed by atoms with Gasteiger partial charge in [0.2, 0.25) is 0 Å². The minimum Gasteiger partial charge on any atom is -0.490 e. The Balaban J connectivity index is 1.67. The molecule has 8 heteroatoms. The van der Waals surface area contributed by atoms with Crippen LogP contribution >= 0.6 is 15.9 Å². The van der Waals surface area contributed by atoms with Gasteiger partial charge in [-0.15, -0.1) is 0 Å². The van der Waals surface area contributed by atoms with E-state index in [0.717, 1.165) is 15.6 Å². The van der Waals surface area contributed by atoms with E-state index in [1.807, 2.05) is 49.4 Å². The van der Waals surface area contributed by atoms with E-state index in [2.05, 4.69) is 21.1 Å². The van der Waals surface area contributed by atoms with E-state index < -0.39 is 4.92 Å². The second-order valence-electron chi connectivity index (χ2n) is 6.46. The summed E-state index contributed by atoms with van der Waals surface area (Å²) in [5.74, 6) is 1.22. The van der Waals surface area contributed by atoms with Crippen molar-refractivity contribution in [1.29, 1.82) is 0 Å². The fourth-order valence-electron chi connectivity index (χ4n) is 2.73. The van der Waals surface area contributed by atoms with Crippen LogP contribution in [0.1, 0.15) is 23.6 Å². The van der Waals surface area contributed by atoms with Crippen molar-refractivity contribution in [1.82, 2.24) is 0 Å². The number of nitro groups is 1. The standard InChI is InChI=1S/C23H21BrN2O5/c1-2-29-22-12-19(14-25-31-16-18-9-6-10-20(11-18)26(27)28)21(24)13-23(22)30-15-17-7-4-3-5-8-17/h3-14H,2,15-16H2,1H3/b25-14-. The molecule has 3 rings (SSSR count). The van der Waals surface area contributed by atoms with Crippen molar-refractivity contribution in [2.45, 2.75) is 20.1 Å². The number of hydrogen-bond acceptors (Lipinski definition) is 6. The molecule has 0 aliphatic rings. The van der Waals surface area contributed by atoms with Crippen molar-refractivity contribution in [3.63, 3.8) is 0 Å². The van der Waals surface area contributed by atoms with E-state index in [1.165, 1.54) is 12.1 Å². The third-order valence-electron chi connectivity index (χ3n) is 4.22. The molecule has 0 saturated carbocycles. The zero-order valence-corrected chi connectivity index (χ0v) is 18.4. The Hall–Kier alpha value is -3.39. The smallest absolute Gasteiger partial charge is 0.269 e. The van der Waals surface area contributed by atoms with Gasteiger partial charge in [0.25, 0.3) is 5.69 Å². The molecule has 31 heavy (non-hydrogen) atoms. The molecule has 3 aromatic rings. The second-order valence-corrected chi connectivity index (χ2v) is 7.32. The van der Waals surface area contributed by atoms with Gasteiger partial charge in [-0.1, -0.05) is 47.6 Å². The van der Waals surface area contributed by atoms with E-state index in [9.17, 15) is 10.1 Å². The Morgan fingerprint density at radius 3 is 2.45 bits per heavy atom. The molecule has 3 aromatic carbocycles. The summed E-state index contributed by atoms with van der Waals surface area (Å²) in [4.78, 5) is 15.7. The zero-order valence-electron chi connectivity index (χ0n) is 16.9. The Kier molecular flexibility index (Phi) is 8.00. The lowest BCUT2D eigenvalue weighted by molar-refractivity contribution is -0.384. The first kappa shape index (κ1) is 22.3. The van der Waals surface area contributed by atoms with Crippen LogP contribution in [0.25, 0.3) is 0 Å². The predicted molar refractivity (Wildman–Crippen MR) is 122 cm³/mol. The summed E-state index contributed by atoms with van der Waals surface area (Å²) in [6.07, 6.45) is 1.55. The molecule has 0 amide bonds. The van der Waals surface area contributed by atoms with Gasteiger partial charge >= 0.3 is 0 Å². The van der Waals surface area contributed by atoms with Crippen LogP contribution in [0.5, 0.6) is 11.5 Å². The summed E-state index contributed by atoms with van der Waals surface area (Å²) >= 11 is 3.52. The molecule has 0 fully saturated rings. The molecule has 0 spiro atoms. The van der Waals surface area contributed by atoms with Crippen LogP contribution in [-0.4, -0.2) is 17.7 Å². The number of benzene rings is 3. The number of nitro benzene ring substituents is 1. The molecule has 0 saturated heterocycles. The molecule has 7 nitrogen and oxygen atoms in total. The molecule has 0 unspecified atom stereocenters. The highest BCUT2D eigenvalue weighted by atomic mass is 79.9. The van der Waals surface area contributed by atoms with Gasteiger partial charge < -0.3 is 14.3 Å². The van der Waals surface area contributed by atoms with Crippen molar-refractivity contribution in [3.8, 4) is 11.5 Å². The topological polar surface area (TPSA) is 83.2 Å². The third kappa shape index (κ3) is 6.55. The van der Waals surface area contributed by atoms with Crippen molar-refractivity contribution in [3.05, 3.63) is 98.0 Å². The van der Waals surface area contributed by atoms with Gasteiger partial charge in [-0.3, -0.25) is 10.1 Å². The van der Waals surface area contributed by atoms with E-state index in [0.29, 0.717) is 30.3 Å². The van der Waals surface area contributed by atoms with Crippen LogP contribution in [0.4, 0.5) is 5.69 Å². The summed E-state index contributed by atoms with van der Waals surface area (Å²) < 4.78 is 12.4. The van der Waals surface area contributed by atoms with Crippen molar-refractivity contribution >= 4 is 27.8 Å². The van der Waals surface area contributed by atoms with E-state index in [4.69, 9.17) is 14.3 Å². The largest absolute Gasteiger partial charge is 0.490 e. The Labute approximate surface area is 188 Å². The summed E-state index contributed by atoms with van der Waals surface area (Å²) in [5, 5.41) is 14.8. The van der Waals surface area contributed by atoms with E-state index in [1.54, 1.807) is 18.3 Å². The SMILES string of the molecule is CCOc1cc(/C=N\OCc2cccc([N+](=O)[O-])c2)c(Br)cc1OCc1ccccc1. The first-order chi connectivity index (χ1) is 15.1. The fraction of sp³-hybridized carbons (Fsp3) is 0.174. The quantitative estimate of drug-likeness (QED) is 0.203. The number of hydrogen-bond donors (Lipinski definition) is 0. The van der Waals surface area contributed by atoms with Gasteiger partial charge in [-0.2, -0.15) is 0 Å². The number of oxime groups is 1. The highest BCUT2D eigenvalue weighted by Gasteiger charge is 2.11. The molecule has 0 N–H and O–H groups in total. The Morgan fingerprint density at radius 1 is 0.968 bits per heavy atom. The summed E-state index contributed by atoms with van der Waals surface area (Å²) in [7, 11) is 0. The molecule has 0 aliphatic heterocycles. The molecule has 0 aliphatic carbocycles. The van der Waals surface area contributed by atoms with Crippen LogP contribution in [0.2, 0.25) is 0 Å². The van der Waals surface area contributed by atoms with E-state index in [-0.39, 0.29) is 12.3 Å². The highest BCUT2D eigenvalue weighted by molar-refractivity contribution is 9.10. The van der Waals surface area contributed by atoms with Crippen LogP contribution in [0.15, 0.2) is 76.4 Å². The van der Waals surface area contributed by atoms with Gasteiger partial charge in [0.05, 0.1) is 17.7 Å². The van der Waals surface area contributed by atoms with Gasteiger partial charge in [0, 0.05) is 22.2 Å². The third-order valence-corrected chi connectivity index (χ3v) is 4.91. The summed E-state index contributed by atoms with van der Waals surface area (Å²) in [6.45, 7) is 2.93. The summed E-state index contributed by atoms with van der Waals surface area (Å²) in [6, 6.07) is 19.8. The average molecular weight is 485 g/mol.